The van der Waals surface area contributed by atoms with E-state index in [1.807, 2.05) is 27.7 Å². The summed E-state index contributed by atoms with van der Waals surface area (Å²) in [5, 5.41) is 8.67. The maximum atomic E-state index is 13.3. The van der Waals surface area contributed by atoms with Gasteiger partial charge in [-0.25, -0.2) is 13.8 Å². The molecule has 9 heteroatoms. The summed E-state index contributed by atoms with van der Waals surface area (Å²) in [7, 11) is 0. The minimum Gasteiger partial charge on any atom is -0.377 e. The average Bonchev–Trinajstić information content (AvgIpc) is 2.66. The minimum atomic E-state index is -1.00. The molecule has 0 saturated carbocycles. The van der Waals surface area contributed by atoms with Gasteiger partial charge in [0.15, 0.2) is 11.6 Å². The van der Waals surface area contributed by atoms with Gasteiger partial charge in [0.1, 0.15) is 17.2 Å². The van der Waals surface area contributed by atoms with E-state index >= 15 is 0 Å². The fraction of sp³-hybridized carbons (Fsp3) is 0.300. The summed E-state index contributed by atoms with van der Waals surface area (Å²) >= 11 is 0. The van der Waals surface area contributed by atoms with Crippen molar-refractivity contribution in [2.75, 3.05) is 16.0 Å². The van der Waals surface area contributed by atoms with Crippen LogP contribution in [0.3, 0.4) is 0 Å². The summed E-state index contributed by atoms with van der Waals surface area (Å²) in [6, 6.07) is 4.77. The molecule has 7 nitrogen and oxygen atoms in total. The van der Waals surface area contributed by atoms with Crippen LogP contribution in [-0.2, 0) is 0 Å². The number of nitrogens with zero attached hydrogens (tertiary/aromatic N) is 2. The molecular weight excluding hydrogens is 380 g/mol. The molecule has 0 aliphatic rings. The molecule has 29 heavy (non-hydrogen) atoms. The number of hydrogen-bond acceptors (Lipinski definition) is 7. The van der Waals surface area contributed by atoms with E-state index in [0.29, 0.717) is 0 Å². The normalized spacial score (nSPS) is 12.6. The lowest BCUT2D eigenvalue weighted by atomic mass is 9.87. The zero-order valence-electron chi connectivity index (χ0n) is 16.4. The van der Waals surface area contributed by atoms with Gasteiger partial charge in [0, 0.05) is 24.0 Å². The first-order valence-electron chi connectivity index (χ1n) is 8.98. The van der Waals surface area contributed by atoms with Crippen LogP contribution < -0.4 is 26.8 Å². The first-order valence-corrected chi connectivity index (χ1v) is 8.98. The predicted molar refractivity (Wildman–Crippen MR) is 109 cm³/mol. The molecule has 0 spiro atoms. The standard InChI is InChI=1S/C20H21F2N5O2/c1-10(20(2,3)4)24-15-16(18(29)17(15)28)26-14-7-8-23-19(27-14)25-11-5-6-12(21)13(22)9-11/h5-10,24H,1-4H3,(H2,23,25,26,27). The van der Waals surface area contributed by atoms with Crippen LogP contribution in [0.4, 0.5) is 37.6 Å². The minimum absolute atomic E-state index is 0.0534. The highest BCUT2D eigenvalue weighted by Crippen LogP contribution is 2.26. The van der Waals surface area contributed by atoms with Gasteiger partial charge in [0.25, 0.3) is 10.9 Å². The summed E-state index contributed by atoms with van der Waals surface area (Å²) in [5.41, 5.74) is -0.737. The fourth-order valence-electron chi connectivity index (χ4n) is 2.40. The molecule has 0 saturated heterocycles. The van der Waals surface area contributed by atoms with Gasteiger partial charge >= 0.3 is 0 Å². The van der Waals surface area contributed by atoms with Gasteiger partial charge in [-0.2, -0.15) is 4.98 Å². The lowest BCUT2D eigenvalue weighted by molar-refractivity contribution is 0.359. The summed E-state index contributed by atoms with van der Waals surface area (Å²) < 4.78 is 26.4. The summed E-state index contributed by atoms with van der Waals surface area (Å²) in [6.07, 6.45) is 1.42. The molecule has 0 aliphatic carbocycles. The molecule has 3 aromatic rings. The predicted octanol–water partition coefficient (Wildman–Crippen LogP) is 3.68. The highest BCUT2D eigenvalue weighted by Gasteiger charge is 2.27. The van der Waals surface area contributed by atoms with Crippen molar-refractivity contribution in [3.63, 3.8) is 0 Å². The molecular formula is C20H21F2N5O2. The molecule has 2 aromatic carbocycles. The molecule has 152 valence electrons. The quantitative estimate of drug-likeness (QED) is 0.542. The van der Waals surface area contributed by atoms with E-state index in [2.05, 4.69) is 25.9 Å². The van der Waals surface area contributed by atoms with E-state index in [0.717, 1.165) is 12.1 Å². The second-order valence-corrected chi connectivity index (χ2v) is 7.78. The topological polar surface area (TPSA) is 96.0 Å². The number of halogens is 2. The fourth-order valence-corrected chi connectivity index (χ4v) is 2.40. The second kappa shape index (κ2) is 7.57. The van der Waals surface area contributed by atoms with Crippen LogP contribution in [0.2, 0.25) is 0 Å². The van der Waals surface area contributed by atoms with Gasteiger partial charge in [-0.05, 0) is 30.5 Å². The van der Waals surface area contributed by atoms with Crippen molar-refractivity contribution in [1.29, 1.82) is 0 Å². The van der Waals surface area contributed by atoms with Gasteiger partial charge in [-0.1, -0.05) is 20.8 Å². The van der Waals surface area contributed by atoms with Crippen LogP contribution in [0.5, 0.6) is 0 Å². The zero-order chi connectivity index (χ0) is 21.3. The van der Waals surface area contributed by atoms with E-state index in [4.69, 9.17) is 0 Å². The van der Waals surface area contributed by atoms with Crippen LogP contribution >= 0.6 is 0 Å². The Morgan fingerprint density at radius 3 is 2.31 bits per heavy atom. The van der Waals surface area contributed by atoms with Gasteiger partial charge in [-0.3, -0.25) is 9.59 Å². The molecule has 0 radical (unpaired) electrons. The largest absolute Gasteiger partial charge is 0.377 e. The molecule has 3 N–H and O–H groups in total. The van der Waals surface area contributed by atoms with Crippen molar-refractivity contribution in [3.05, 3.63) is 62.5 Å². The number of anilines is 5. The highest BCUT2D eigenvalue weighted by molar-refractivity contribution is 5.78. The van der Waals surface area contributed by atoms with Crippen LogP contribution in [0.15, 0.2) is 40.1 Å². The van der Waals surface area contributed by atoms with Crippen LogP contribution in [0, 0.1) is 17.0 Å². The van der Waals surface area contributed by atoms with Crippen molar-refractivity contribution in [1.82, 2.24) is 9.97 Å². The lowest BCUT2D eigenvalue weighted by Crippen LogP contribution is -2.41. The van der Waals surface area contributed by atoms with Gasteiger partial charge in [0.05, 0.1) is 0 Å². The van der Waals surface area contributed by atoms with Crippen molar-refractivity contribution in [2.24, 2.45) is 5.41 Å². The summed E-state index contributed by atoms with van der Waals surface area (Å²) in [5.74, 6) is -1.59. The van der Waals surface area contributed by atoms with E-state index < -0.39 is 22.5 Å². The Kier molecular flexibility index (Phi) is 5.32. The Balaban J connectivity index is 1.79. The molecule has 1 heterocycles. The summed E-state index contributed by atoms with van der Waals surface area (Å²) in [6.45, 7) is 7.98. The maximum absolute atomic E-state index is 13.3. The lowest BCUT2D eigenvalue weighted by Gasteiger charge is -2.30. The highest BCUT2D eigenvalue weighted by atomic mass is 19.2. The van der Waals surface area contributed by atoms with Crippen LogP contribution in [0.25, 0.3) is 0 Å². The Labute approximate surface area is 165 Å². The number of benzene rings is 1. The van der Waals surface area contributed by atoms with Crippen molar-refractivity contribution < 1.29 is 8.78 Å². The maximum Gasteiger partial charge on any atom is 0.253 e. The first-order chi connectivity index (χ1) is 13.6. The number of nitrogens with one attached hydrogen (secondary N) is 3. The molecule has 1 unspecified atom stereocenters. The third-order valence-electron chi connectivity index (χ3n) is 4.65. The zero-order valence-corrected chi connectivity index (χ0v) is 16.4. The van der Waals surface area contributed by atoms with Gasteiger partial charge < -0.3 is 16.0 Å². The number of hydrogen-bond donors (Lipinski definition) is 3. The molecule has 0 amide bonds. The Bertz CT molecular complexity index is 1120. The van der Waals surface area contributed by atoms with E-state index in [9.17, 15) is 18.4 Å². The van der Waals surface area contributed by atoms with E-state index in [1.54, 1.807) is 0 Å². The molecule has 0 bridgehead atoms. The molecule has 3 rings (SSSR count). The Morgan fingerprint density at radius 1 is 0.966 bits per heavy atom. The van der Waals surface area contributed by atoms with E-state index in [1.165, 1.54) is 18.3 Å². The monoisotopic (exact) mass is 401 g/mol. The van der Waals surface area contributed by atoms with Crippen LogP contribution in [0.1, 0.15) is 27.7 Å². The number of aromatic nitrogens is 2. The van der Waals surface area contributed by atoms with Crippen molar-refractivity contribution in [3.8, 4) is 0 Å². The first kappa shape index (κ1) is 20.4. The molecule has 1 atom stereocenters. The van der Waals surface area contributed by atoms with Crippen molar-refractivity contribution >= 4 is 28.8 Å². The molecule has 1 aromatic heterocycles. The summed E-state index contributed by atoms with van der Waals surface area (Å²) in [4.78, 5) is 32.2. The smallest absolute Gasteiger partial charge is 0.253 e. The second-order valence-electron chi connectivity index (χ2n) is 7.78. The molecule has 0 aliphatic heterocycles. The average molecular weight is 401 g/mol. The van der Waals surface area contributed by atoms with Gasteiger partial charge in [0.2, 0.25) is 5.95 Å². The van der Waals surface area contributed by atoms with Crippen LogP contribution in [-0.4, -0.2) is 16.0 Å². The van der Waals surface area contributed by atoms with Crippen molar-refractivity contribution in [2.45, 2.75) is 33.7 Å². The Hall–Kier alpha value is -3.36. The third kappa shape index (κ3) is 4.39. The SMILES string of the molecule is CC(Nc1c(Nc2ccnc(Nc3ccc(F)c(F)c3)n2)c(=O)c1=O)C(C)(C)C. The number of rotatable bonds is 6. The Morgan fingerprint density at radius 2 is 1.66 bits per heavy atom. The van der Waals surface area contributed by atoms with Gasteiger partial charge in [-0.15, -0.1) is 0 Å². The van der Waals surface area contributed by atoms with E-state index in [-0.39, 0.29) is 40.3 Å². The third-order valence-corrected chi connectivity index (χ3v) is 4.65. The molecule has 0 fully saturated rings.